The number of carboxylic acid groups (broad SMARTS) is 2. The van der Waals surface area contributed by atoms with Crippen molar-refractivity contribution in [2.24, 2.45) is 5.73 Å². The molecule has 1 rings (SSSR count). The zero-order valence-electron chi connectivity index (χ0n) is 7.04. The van der Waals surface area contributed by atoms with Crippen LogP contribution in [-0.4, -0.2) is 27.1 Å². The summed E-state index contributed by atoms with van der Waals surface area (Å²) in [5.74, 6) is -2.35. The zero-order chi connectivity index (χ0) is 10.7. The Labute approximate surface area is 79.0 Å². The standard InChI is InChI=1S/C8H8N2O4/c9-6(8(13)14)4-1-2-5(7(11)12)10-3-4/h1-3,6H,9H2,(H,11,12)(H,13,14)/t6-/m1/s1. The average molecular weight is 196 g/mol. The Morgan fingerprint density at radius 3 is 2.36 bits per heavy atom. The van der Waals surface area contributed by atoms with Gasteiger partial charge in [-0.1, -0.05) is 6.07 Å². The quantitative estimate of drug-likeness (QED) is 0.620. The van der Waals surface area contributed by atoms with E-state index in [1.165, 1.54) is 12.1 Å². The number of carbonyl (C=O) groups is 2. The van der Waals surface area contributed by atoms with E-state index < -0.39 is 18.0 Å². The Hall–Kier alpha value is -1.95. The predicted molar refractivity (Wildman–Crippen MR) is 45.8 cm³/mol. The molecule has 0 radical (unpaired) electrons. The van der Waals surface area contributed by atoms with Crippen LogP contribution in [0.25, 0.3) is 0 Å². The summed E-state index contributed by atoms with van der Waals surface area (Å²) in [6.45, 7) is 0. The molecule has 0 unspecified atom stereocenters. The summed E-state index contributed by atoms with van der Waals surface area (Å²) in [6, 6.07) is 1.36. The molecule has 1 atom stereocenters. The van der Waals surface area contributed by atoms with Crippen LogP contribution < -0.4 is 5.73 Å². The molecule has 0 spiro atoms. The second-order valence-electron chi connectivity index (χ2n) is 2.60. The highest BCUT2D eigenvalue weighted by molar-refractivity contribution is 5.85. The highest BCUT2D eigenvalue weighted by Gasteiger charge is 2.15. The lowest BCUT2D eigenvalue weighted by Gasteiger charge is -2.05. The van der Waals surface area contributed by atoms with Gasteiger partial charge in [0.05, 0.1) is 0 Å². The minimum atomic E-state index is -1.19. The lowest BCUT2D eigenvalue weighted by molar-refractivity contribution is -0.138. The maximum Gasteiger partial charge on any atom is 0.354 e. The van der Waals surface area contributed by atoms with E-state index in [1.807, 2.05) is 0 Å². The number of hydrogen-bond donors (Lipinski definition) is 3. The minimum Gasteiger partial charge on any atom is -0.480 e. The maximum atomic E-state index is 10.4. The first-order valence-corrected chi connectivity index (χ1v) is 3.70. The fraction of sp³-hybridized carbons (Fsp3) is 0.125. The highest BCUT2D eigenvalue weighted by atomic mass is 16.4. The van der Waals surface area contributed by atoms with Crippen LogP contribution in [0.1, 0.15) is 22.1 Å². The molecule has 0 fully saturated rings. The van der Waals surface area contributed by atoms with E-state index in [-0.39, 0.29) is 11.3 Å². The van der Waals surface area contributed by atoms with Gasteiger partial charge < -0.3 is 15.9 Å². The lowest BCUT2D eigenvalue weighted by Crippen LogP contribution is -2.20. The molecule has 0 aromatic carbocycles. The van der Waals surface area contributed by atoms with Gasteiger partial charge in [0, 0.05) is 6.20 Å². The number of pyridine rings is 1. The topological polar surface area (TPSA) is 114 Å². The van der Waals surface area contributed by atoms with Crippen LogP contribution in [0.15, 0.2) is 18.3 Å². The summed E-state index contributed by atoms with van der Waals surface area (Å²) < 4.78 is 0. The highest BCUT2D eigenvalue weighted by Crippen LogP contribution is 2.09. The Morgan fingerprint density at radius 2 is 2.00 bits per heavy atom. The van der Waals surface area contributed by atoms with Crippen molar-refractivity contribution in [3.63, 3.8) is 0 Å². The Bertz CT molecular complexity index is 360. The molecule has 14 heavy (non-hydrogen) atoms. The molecular weight excluding hydrogens is 188 g/mol. The van der Waals surface area contributed by atoms with Gasteiger partial charge in [-0.15, -0.1) is 0 Å². The molecule has 1 aromatic rings. The van der Waals surface area contributed by atoms with Crippen molar-refractivity contribution in [3.05, 3.63) is 29.6 Å². The number of carboxylic acids is 2. The van der Waals surface area contributed by atoms with Crippen LogP contribution >= 0.6 is 0 Å². The normalized spacial score (nSPS) is 12.1. The molecular formula is C8H8N2O4. The molecule has 6 nitrogen and oxygen atoms in total. The first-order chi connectivity index (χ1) is 6.52. The van der Waals surface area contributed by atoms with Gasteiger partial charge in [0.1, 0.15) is 11.7 Å². The van der Waals surface area contributed by atoms with Gasteiger partial charge in [0.2, 0.25) is 0 Å². The Balaban J connectivity index is 2.94. The molecule has 0 amide bonds. The molecule has 74 valence electrons. The van der Waals surface area contributed by atoms with E-state index >= 15 is 0 Å². The number of aromatic carboxylic acids is 1. The summed E-state index contributed by atoms with van der Waals surface area (Å²) in [5.41, 5.74) is 5.40. The van der Waals surface area contributed by atoms with E-state index in [4.69, 9.17) is 15.9 Å². The average Bonchev–Trinajstić information content (AvgIpc) is 2.16. The van der Waals surface area contributed by atoms with E-state index in [0.29, 0.717) is 0 Å². The fourth-order valence-electron chi connectivity index (χ4n) is 0.858. The number of aliphatic carboxylic acids is 1. The number of aromatic nitrogens is 1. The minimum absolute atomic E-state index is 0.147. The van der Waals surface area contributed by atoms with Gasteiger partial charge in [-0.3, -0.25) is 4.79 Å². The van der Waals surface area contributed by atoms with E-state index in [9.17, 15) is 9.59 Å². The van der Waals surface area contributed by atoms with Gasteiger partial charge in [0.15, 0.2) is 0 Å². The molecule has 0 bridgehead atoms. The van der Waals surface area contributed by atoms with E-state index in [1.54, 1.807) is 0 Å². The molecule has 1 aromatic heterocycles. The largest absolute Gasteiger partial charge is 0.480 e. The second kappa shape index (κ2) is 3.84. The Morgan fingerprint density at radius 1 is 1.36 bits per heavy atom. The van der Waals surface area contributed by atoms with Crippen molar-refractivity contribution >= 4 is 11.9 Å². The third-order valence-corrected chi connectivity index (χ3v) is 1.63. The van der Waals surface area contributed by atoms with E-state index in [0.717, 1.165) is 6.20 Å². The van der Waals surface area contributed by atoms with Crippen LogP contribution in [0.5, 0.6) is 0 Å². The van der Waals surface area contributed by atoms with Gasteiger partial charge in [-0.25, -0.2) is 9.78 Å². The smallest absolute Gasteiger partial charge is 0.354 e. The second-order valence-corrected chi connectivity index (χ2v) is 2.60. The molecule has 1 heterocycles. The maximum absolute atomic E-state index is 10.4. The summed E-state index contributed by atoms with van der Waals surface area (Å²) in [7, 11) is 0. The molecule has 0 aliphatic carbocycles. The predicted octanol–water partition coefficient (Wildman–Crippen LogP) is -0.136. The van der Waals surface area contributed by atoms with Crippen molar-refractivity contribution in [1.82, 2.24) is 4.98 Å². The first kappa shape index (κ1) is 10.1. The van der Waals surface area contributed by atoms with Crippen LogP contribution in [0, 0.1) is 0 Å². The number of nitrogens with two attached hydrogens (primary N) is 1. The van der Waals surface area contributed by atoms with Crippen LogP contribution in [0.2, 0.25) is 0 Å². The van der Waals surface area contributed by atoms with Crippen molar-refractivity contribution in [2.75, 3.05) is 0 Å². The van der Waals surface area contributed by atoms with Crippen molar-refractivity contribution in [3.8, 4) is 0 Å². The Kier molecular flexibility index (Phi) is 2.78. The van der Waals surface area contributed by atoms with Crippen LogP contribution in [0.4, 0.5) is 0 Å². The first-order valence-electron chi connectivity index (χ1n) is 3.70. The number of nitrogens with zero attached hydrogens (tertiary/aromatic N) is 1. The number of hydrogen-bond acceptors (Lipinski definition) is 4. The van der Waals surface area contributed by atoms with Crippen molar-refractivity contribution in [2.45, 2.75) is 6.04 Å². The number of rotatable bonds is 3. The van der Waals surface area contributed by atoms with Crippen LogP contribution in [-0.2, 0) is 4.79 Å². The third kappa shape index (κ3) is 2.05. The SMILES string of the molecule is N[C@@H](C(=O)O)c1ccc(C(=O)O)nc1. The van der Waals surface area contributed by atoms with Crippen LogP contribution in [0.3, 0.4) is 0 Å². The van der Waals surface area contributed by atoms with E-state index in [2.05, 4.69) is 4.98 Å². The summed E-state index contributed by atoms with van der Waals surface area (Å²) in [5, 5.41) is 17.1. The third-order valence-electron chi connectivity index (χ3n) is 1.63. The fourth-order valence-corrected chi connectivity index (χ4v) is 0.858. The van der Waals surface area contributed by atoms with Crippen molar-refractivity contribution in [1.29, 1.82) is 0 Å². The molecule has 0 saturated heterocycles. The van der Waals surface area contributed by atoms with Crippen molar-refractivity contribution < 1.29 is 19.8 Å². The van der Waals surface area contributed by atoms with Gasteiger partial charge in [-0.05, 0) is 11.6 Å². The van der Waals surface area contributed by atoms with Gasteiger partial charge in [-0.2, -0.15) is 0 Å². The molecule has 4 N–H and O–H groups in total. The lowest BCUT2D eigenvalue weighted by atomic mass is 10.1. The molecule has 0 saturated carbocycles. The molecule has 0 aliphatic heterocycles. The van der Waals surface area contributed by atoms with Gasteiger partial charge in [0.25, 0.3) is 0 Å². The monoisotopic (exact) mass is 196 g/mol. The zero-order valence-corrected chi connectivity index (χ0v) is 7.04. The molecule has 0 aliphatic rings. The summed E-state index contributed by atoms with van der Waals surface area (Å²) >= 11 is 0. The summed E-state index contributed by atoms with van der Waals surface area (Å²) in [6.07, 6.45) is 1.14. The molecule has 6 heteroatoms. The van der Waals surface area contributed by atoms with Gasteiger partial charge >= 0.3 is 11.9 Å². The summed E-state index contributed by atoms with van der Waals surface area (Å²) in [4.78, 5) is 24.4.